The highest BCUT2D eigenvalue weighted by Crippen LogP contribution is 2.38. The molecule has 3 fully saturated rings. The summed E-state index contributed by atoms with van der Waals surface area (Å²) in [5.74, 6) is 0.467. The van der Waals surface area contributed by atoms with Gasteiger partial charge in [0.05, 0.1) is 11.7 Å². The van der Waals surface area contributed by atoms with Gasteiger partial charge in [0.15, 0.2) is 0 Å². The second-order valence-electron chi connectivity index (χ2n) is 7.13. The lowest BCUT2D eigenvalue weighted by atomic mass is 9.84. The highest BCUT2D eigenvalue weighted by Gasteiger charge is 2.41. The fraction of sp³-hybridized carbons (Fsp3) is 1.00. The zero-order valence-electron chi connectivity index (χ0n) is 12.1. The van der Waals surface area contributed by atoms with E-state index < -0.39 is 5.60 Å². The second-order valence-corrected chi connectivity index (χ2v) is 7.13. The SMILES string of the molecule is OC1CCCC1C1CCCN1CC1(O)CCCCC1. The van der Waals surface area contributed by atoms with Gasteiger partial charge in [0.25, 0.3) is 0 Å². The Morgan fingerprint density at radius 1 is 0.947 bits per heavy atom. The van der Waals surface area contributed by atoms with E-state index in [0.29, 0.717) is 12.0 Å². The van der Waals surface area contributed by atoms with Crippen LogP contribution < -0.4 is 0 Å². The van der Waals surface area contributed by atoms with Gasteiger partial charge in [0.1, 0.15) is 0 Å². The van der Waals surface area contributed by atoms with Gasteiger partial charge >= 0.3 is 0 Å². The van der Waals surface area contributed by atoms with E-state index in [1.54, 1.807) is 0 Å². The number of likely N-dealkylation sites (tertiary alicyclic amines) is 1. The summed E-state index contributed by atoms with van der Waals surface area (Å²) in [6.45, 7) is 1.97. The number of nitrogens with zero attached hydrogens (tertiary/aromatic N) is 1. The fourth-order valence-electron chi connectivity index (χ4n) is 4.70. The van der Waals surface area contributed by atoms with Gasteiger partial charge in [-0.25, -0.2) is 0 Å². The van der Waals surface area contributed by atoms with Crippen LogP contribution in [-0.4, -0.2) is 45.9 Å². The maximum Gasteiger partial charge on any atom is 0.0774 e. The van der Waals surface area contributed by atoms with Crippen LogP contribution in [0.2, 0.25) is 0 Å². The molecule has 3 nitrogen and oxygen atoms in total. The molecule has 0 radical (unpaired) electrons. The van der Waals surface area contributed by atoms with Crippen LogP contribution in [0.25, 0.3) is 0 Å². The molecule has 3 rings (SSSR count). The Morgan fingerprint density at radius 2 is 1.74 bits per heavy atom. The van der Waals surface area contributed by atoms with Gasteiger partial charge in [0.2, 0.25) is 0 Å². The molecule has 0 bridgehead atoms. The molecule has 0 aromatic heterocycles. The minimum atomic E-state index is -0.440. The highest BCUT2D eigenvalue weighted by atomic mass is 16.3. The van der Waals surface area contributed by atoms with Crippen LogP contribution >= 0.6 is 0 Å². The van der Waals surface area contributed by atoms with Gasteiger partial charge in [-0.3, -0.25) is 4.90 Å². The third-order valence-corrected chi connectivity index (χ3v) is 5.72. The predicted molar refractivity (Wildman–Crippen MR) is 76.0 cm³/mol. The predicted octanol–water partition coefficient (Wildman–Crippen LogP) is 2.31. The van der Waals surface area contributed by atoms with Gasteiger partial charge in [-0.05, 0) is 45.1 Å². The maximum atomic E-state index is 10.8. The number of aliphatic hydroxyl groups is 2. The van der Waals surface area contributed by atoms with Crippen molar-refractivity contribution in [1.29, 1.82) is 0 Å². The molecule has 19 heavy (non-hydrogen) atoms. The van der Waals surface area contributed by atoms with Crippen molar-refractivity contribution in [1.82, 2.24) is 4.90 Å². The molecule has 110 valence electrons. The summed E-state index contributed by atoms with van der Waals surface area (Å²) < 4.78 is 0. The first-order valence-corrected chi connectivity index (χ1v) is 8.32. The van der Waals surface area contributed by atoms with Crippen LogP contribution in [0, 0.1) is 5.92 Å². The Labute approximate surface area is 117 Å². The minimum Gasteiger partial charge on any atom is -0.393 e. The molecule has 0 spiro atoms. The summed E-state index contributed by atoms with van der Waals surface area (Å²) in [7, 11) is 0. The molecular formula is C16H29NO2. The minimum absolute atomic E-state index is 0.0911. The van der Waals surface area contributed by atoms with E-state index in [2.05, 4.69) is 4.90 Å². The van der Waals surface area contributed by atoms with E-state index in [1.165, 1.54) is 44.9 Å². The summed E-state index contributed by atoms with van der Waals surface area (Å²) in [5.41, 5.74) is -0.440. The summed E-state index contributed by atoms with van der Waals surface area (Å²) in [4.78, 5) is 2.50. The third-order valence-electron chi connectivity index (χ3n) is 5.72. The number of rotatable bonds is 3. The van der Waals surface area contributed by atoms with Crippen LogP contribution in [0.15, 0.2) is 0 Å². The van der Waals surface area contributed by atoms with Gasteiger partial charge in [-0.2, -0.15) is 0 Å². The molecule has 1 aliphatic heterocycles. The third kappa shape index (κ3) is 2.98. The van der Waals surface area contributed by atoms with Crippen LogP contribution in [0.1, 0.15) is 64.2 Å². The first kappa shape index (κ1) is 13.8. The molecule has 1 heterocycles. The number of hydrogen-bond donors (Lipinski definition) is 2. The topological polar surface area (TPSA) is 43.7 Å². The lowest BCUT2D eigenvalue weighted by Crippen LogP contribution is -2.48. The number of hydrogen-bond acceptors (Lipinski definition) is 3. The first-order chi connectivity index (χ1) is 9.18. The molecule has 3 unspecified atom stereocenters. The molecule has 3 aliphatic rings. The van der Waals surface area contributed by atoms with Gasteiger partial charge < -0.3 is 10.2 Å². The van der Waals surface area contributed by atoms with E-state index >= 15 is 0 Å². The zero-order chi connectivity index (χ0) is 13.3. The van der Waals surface area contributed by atoms with Crippen molar-refractivity contribution in [2.75, 3.05) is 13.1 Å². The van der Waals surface area contributed by atoms with E-state index in [1.807, 2.05) is 0 Å². The molecule has 0 amide bonds. The smallest absolute Gasteiger partial charge is 0.0774 e. The van der Waals surface area contributed by atoms with Crippen LogP contribution in [0.5, 0.6) is 0 Å². The molecule has 2 saturated carbocycles. The molecule has 3 heteroatoms. The largest absolute Gasteiger partial charge is 0.393 e. The Kier molecular flexibility index (Phi) is 4.16. The van der Waals surface area contributed by atoms with E-state index in [-0.39, 0.29) is 6.10 Å². The molecule has 0 aromatic carbocycles. The monoisotopic (exact) mass is 267 g/mol. The normalized spacial score (nSPS) is 39.8. The van der Waals surface area contributed by atoms with Crippen molar-refractivity contribution < 1.29 is 10.2 Å². The summed E-state index contributed by atoms with van der Waals surface area (Å²) >= 11 is 0. The Bertz CT molecular complexity index is 301. The summed E-state index contributed by atoms with van der Waals surface area (Å²) in [6.07, 6.45) is 11.3. The van der Waals surface area contributed by atoms with Crippen molar-refractivity contribution in [2.24, 2.45) is 5.92 Å². The van der Waals surface area contributed by atoms with Crippen molar-refractivity contribution in [3.05, 3.63) is 0 Å². The van der Waals surface area contributed by atoms with Crippen LogP contribution in [0.3, 0.4) is 0 Å². The van der Waals surface area contributed by atoms with Gasteiger partial charge in [0, 0.05) is 18.5 Å². The molecule has 2 N–H and O–H groups in total. The van der Waals surface area contributed by atoms with Crippen molar-refractivity contribution >= 4 is 0 Å². The fourth-order valence-corrected chi connectivity index (χ4v) is 4.70. The zero-order valence-corrected chi connectivity index (χ0v) is 12.1. The lowest BCUT2D eigenvalue weighted by Gasteiger charge is -2.39. The summed E-state index contributed by atoms with van der Waals surface area (Å²) in [5, 5.41) is 20.9. The Morgan fingerprint density at radius 3 is 2.42 bits per heavy atom. The van der Waals surface area contributed by atoms with Crippen LogP contribution in [0.4, 0.5) is 0 Å². The van der Waals surface area contributed by atoms with E-state index in [4.69, 9.17) is 0 Å². The Balaban J connectivity index is 1.62. The summed E-state index contributed by atoms with van der Waals surface area (Å²) in [6, 6.07) is 0.531. The standard InChI is InChI=1S/C16H29NO2/c18-15-8-4-6-13(15)14-7-5-11-17(14)12-16(19)9-2-1-3-10-16/h13-15,18-19H,1-12H2. The highest BCUT2D eigenvalue weighted by molar-refractivity contribution is 4.95. The second kappa shape index (κ2) is 5.71. The first-order valence-electron chi connectivity index (χ1n) is 8.32. The molecule has 2 aliphatic carbocycles. The van der Waals surface area contributed by atoms with E-state index in [9.17, 15) is 10.2 Å². The average Bonchev–Trinajstić information content (AvgIpc) is 2.98. The number of aliphatic hydroxyl groups excluding tert-OH is 1. The quantitative estimate of drug-likeness (QED) is 0.824. The average molecular weight is 267 g/mol. The molecule has 1 saturated heterocycles. The van der Waals surface area contributed by atoms with Crippen molar-refractivity contribution in [2.45, 2.75) is 82.0 Å². The molecular weight excluding hydrogens is 238 g/mol. The van der Waals surface area contributed by atoms with Gasteiger partial charge in [-0.15, -0.1) is 0 Å². The lowest BCUT2D eigenvalue weighted by molar-refractivity contribution is -0.0394. The number of β-amino-alcohol motifs (C(OH)–C–C–N with tert-alkyl or cyclic N) is 1. The van der Waals surface area contributed by atoms with Crippen LogP contribution in [-0.2, 0) is 0 Å². The van der Waals surface area contributed by atoms with Crippen molar-refractivity contribution in [3.8, 4) is 0 Å². The molecule has 3 atom stereocenters. The van der Waals surface area contributed by atoms with Crippen molar-refractivity contribution in [3.63, 3.8) is 0 Å². The Hall–Kier alpha value is -0.120. The molecule has 0 aromatic rings. The van der Waals surface area contributed by atoms with Gasteiger partial charge in [-0.1, -0.05) is 25.7 Å². The maximum absolute atomic E-state index is 10.8. The van der Waals surface area contributed by atoms with E-state index in [0.717, 1.165) is 32.4 Å².